The first-order chi connectivity index (χ1) is 13.4. The van der Waals surface area contributed by atoms with Gasteiger partial charge in [-0.05, 0) is 24.3 Å². The van der Waals surface area contributed by atoms with Gasteiger partial charge < -0.3 is 5.32 Å². The van der Waals surface area contributed by atoms with Crippen molar-refractivity contribution in [1.82, 2.24) is 4.90 Å². The van der Waals surface area contributed by atoms with E-state index in [1.807, 2.05) is 5.32 Å². The zero-order valence-corrected chi connectivity index (χ0v) is 14.5. The molecule has 2 amide bonds. The minimum Gasteiger partial charge on any atom is -0.325 e. The molecule has 2 aromatic carbocycles. The second kappa shape index (κ2) is 6.94. The van der Waals surface area contributed by atoms with Gasteiger partial charge in [-0.25, -0.2) is 0 Å². The third-order valence-corrected chi connectivity index (χ3v) is 4.21. The van der Waals surface area contributed by atoms with Crippen LogP contribution in [0, 0.1) is 0 Å². The topological polar surface area (TPSA) is 49.4 Å². The van der Waals surface area contributed by atoms with Crippen LogP contribution in [0.2, 0.25) is 0 Å². The zero-order chi connectivity index (χ0) is 21.6. The van der Waals surface area contributed by atoms with Crippen LogP contribution in [0.5, 0.6) is 0 Å². The van der Waals surface area contributed by atoms with Crippen LogP contribution in [0.1, 0.15) is 27.0 Å². The van der Waals surface area contributed by atoms with Gasteiger partial charge in [0.05, 0.1) is 11.1 Å². The summed E-state index contributed by atoms with van der Waals surface area (Å²) in [6.07, 6.45) is -10.1. The van der Waals surface area contributed by atoms with E-state index >= 15 is 0 Å². The predicted molar refractivity (Wildman–Crippen MR) is 91.6 cm³/mol. The van der Waals surface area contributed by atoms with Crippen molar-refractivity contribution in [2.24, 2.45) is 0 Å². The number of nitrogens with zero attached hydrogens (tertiary/aromatic N) is 1. The van der Waals surface area contributed by atoms with Crippen LogP contribution < -0.4 is 5.32 Å². The average molecular weight is 414 g/mol. The maximum atomic E-state index is 12.9. The van der Waals surface area contributed by atoms with Gasteiger partial charge in [0.25, 0.3) is 5.91 Å². The average Bonchev–Trinajstić information content (AvgIpc) is 2.85. The van der Waals surface area contributed by atoms with Crippen molar-refractivity contribution in [2.75, 3.05) is 11.9 Å². The van der Waals surface area contributed by atoms with Gasteiger partial charge in [0.1, 0.15) is 6.54 Å². The van der Waals surface area contributed by atoms with E-state index in [1.165, 1.54) is 6.07 Å². The monoisotopic (exact) mass is 414 g/mol. The summed E-state index contributed by atoms with van der Waals surface area (Å²) in [6, 6.07) is 7.12. The first-order valence-corrected chi connectivity index (χ1v) is 8.07. The lowest BCUT2D eigenvalue weighted by Gasteiger charge is -2.18. The Morgan fingerprint density at radius 3 is 1.93 bits per heavy atom. The Kier molecular flexibility index (Phi) is 4.89. The summed E-state index contributed by atoms with van der Waals surface area (Å²) in [7, 11) is 0. The number of carbonyl (C=O) groups is 2. The van der Waals surface area contributed by atoms with E-state index in [0.29, 0.717) is 23.3 Å². The first kappa shape index (κ1) is 20.4. The number of amides is 2. The lowest BCUT2D eigenvalue weighted by molar-refractivity contribution is -0.143. The Hall–Kier alpha value is -3.30. The quantitative estimate of drug-likeness (QED) is 0.735. The van der Waals surface area contributed by atoms with Crippen LogP contribution in [-0.2, 0) is 17.1 Å². The van der Waals surface area contributed by atoms with Gasteiger partial charge in [-0.1, -0.05) is 24.8 Å². The molecule has 1 aliphatic rings. The fourth-order valence-electron chi connectivity index (χ4n) is 2.87. The van der Waals surface area contributed by atoms with Crippen molar-refractivity contribution in [1.29, 1.82) is 0 Å². The molecule has 0 saturated heterocycles. The second-order valence-electron chi connectivity index (χ2n) is 6.23. The van der Waals surface area contributed by atoms with Gasteiger partial charge in [0.15, 0.2) is 0 Å². The predicted octanol–water partition coefficient (Wildman–Crippen LogP) is 4.79. The normalized spacial score (nSPS) is 14.2. The highest BCUT2D eigenvalue weighted by atomic mass is 19.4. The number of halogens is 6. The molecule has 3 rings (SSSR count). The molecule has 1 heterocycles. The minimum atomic E-state index is -5.04. The number of nitrogens with one attached hydrogen (secondary N) is 1. The van der Waals surface area contributed by atoms with Crippen molar-refractivity contribution in [3.8, 4) is 0 Å². The van der Waals surface area contributed by atoms with Gasteiger partial charge in [-0.2, -0.15) is 26.3 Å². The number of benzene rings is 2. The van der Waals surface area contributed by atoms with Gasteiger partial charge in [-0.3, -0.25) is 14.5 Å². The Bertz CT molecular complexity index is 943. The number of carbonyl (C=O) groups excluding carboxylic acids is 2. The third kappa shape index (κ3) is 4.10. The molecule has 0 atom stereocenters. The molecule has 10 heteroatoms. The molecule has 0 unspecified atom stereocenters. The molecule has 0 bridgehead atoms. The molecule has 0 spiro atoms. The number of hydrogen-bond donors (Lipinski definition) is 1. The van der Waals surface area contributed by atoms with Gasteiger partial charge in [-0.15, -0.1) is 0 Å². The molecule has 0 aromatic heterocycles. The summed E-state index contributed by atoms with van der Waals surface area (Å²) >= 11 is 0. The SMILES string of the molecule is C=C1c2ccccc2C(=O)N1CC(=O)Nc1cc(C(F)(F)F)cc(C(F)(F)F)c1. The molecule has 152 valence electrons. The molecule has 1 N–H and O–H groups in total. The smallest absolute Gasteiger partial charge is 0.325 e. The molecule has 1 aliphatic heterocycles. The summed E-state index contributed by atoms with van der Waals surface area (Å²) < 4.78 is 77.5. The highest BCUT2D eigenvalue weighted by molar-refractivity contribution is 6.11. The molecule has 2 aromatic rings. The maximum absolute atomic E-state index is 12.9. The van der Waals surface area contributed by atoms with Crippen molar-refractivity contribution >= 4 is 23.2 Å². The standard InChI is InChI=1S/C19H12F6N2O2/c1-10-14-4-2-3-5-15(14)17(29)27(10)9-16(28)26-13-7-11(18(20,21)22)6-12(8-13)19(23,24)25/h2-8H,1,9H2,(H,26,28). The van der Waals surface area contributed by atoms with Crippen LogP contribution in [0.4, 0.5) is 32.0 Å². The Morgan fingerprint density at radius 2 is 1.45 bits per heavy atom. The maximum Gasteiger partial charge on any atom is 0.416 e. The van der Waals surface area contributed by atoms with Crippen LogP contribution in [-0.4, -0.2) is 23.3 Å². The second-order valence-corrected chi connectivity index (χ2v) is 6.23. The van der Waals surface area contributed by atoms with E-state index in [1.54, 1.807) is 18.2 Å². The number of alkyl halides is 6. The largest absolute Gasteiger partial charge is 0.416 e. The van der Waals surface area contributed by atoms with Crippen molar-refractivity contribution in [2.45, 2.75) is 12.4 Å². The van der Waals surface area contributed by atoms with Crippen LogP contribution in [0.25, 0.3) is 5.70 Å². The summed E-state index contributed by atoms with van der Waals surface area (Å²) in [5.41, 5.74) is -2.81. The van der Waals surface area contributed by atoms with E-state index in [4.69, 9.17) is 0 Å². The molecule has 0 aliphatic carbocycles. The van der Waals surface area contributed by atoms with Crippen molar-refractivity contribution < 1.29 is 35.9 Å². The fourth-order valence-corrected chi connectivity index (χ4v) is 2.87. The lowest BCUT2D eigenvalue weighted by Crippen LogP contribution is -2.32. The summed E-state index contributed by atoms with van der Waals surface area (Å²) in [5.74, 6) is -1.51. The zero-order valence-electron chi connectivity index (χ0n) is 14.5. The molecule has 0 saturated carbocycles. The Morgan fingerprint density at radius 1 is 0.931 bits per heavy atom. The minimum absolute atomic E-state index is 0.0435. The lowest BCUT2D eigenvalue weighted by atomic mass is 10.1. The number of rotatable bonds is 3. The van der Waals surface area contributed by atoms with Gasteiger partial charge >= 0.3 is 12.4 Å². The number of fused-ring (bicyclic) bond motifs is 1. The van der Waals surface area contributed by atoms with Gasteiger partial charge in [0, 0.05) is 22.5 Å². The number of hydrogen-bond acceptors (Lipinski definition) is 2. The van der Waals surface area contributed by atoms with E-state index < -0.39 is 47.5 Å². The summed E-state index contributed by atoms with van der Waals surface area (Å²) in [5, 5.41) is 1.99. The fraction of sp³-hybridized carbons (Fsp3) is 0.158. The van der Waals surface area contributed by atoms with Crippen molar-refractivity contribution in [3.05, 3.63) is 71.3 Å². The summed E-state index contributed by atoms with van der Waals surface area (Å²) in [4.78, 5) is 25.6. The Labute approximate surface area is 160 Å². The van der Waals surface area contributed by atoms with Crippen LogP contribution in [0.15, 0.2) is 49.0 Å². The first-order valence-electron chi connectivity index (χ1n) is 8.07. The molecular weight excluding hydrogens is 402 g/mol. The van der Waals surface area contributed by atoms with Crippen LogP contribution in [0.3, 0.4) is 0 Å². The van der Waals surface area contributed by atoms with Gasteiger partial charge in [0.2, 0.25) is 5.91 Å². The van der Waals surface area contributed by atoms with E-state index in [0.717, 1.165) is 4.90 Å². The highest BCUT2D eigenvalue weighted by Crippen LogP contribution is 2.37. The van der Waals surface area contributed by atoms with Crippen molar-refractivity contribution in [3.63, 3.8) is 0 Å². The van der Waals surface area contributed by atoms with E-state index in [9.17, 15) is 35.9 Å². The van der Waals surface area contributed by atoms with E-state index in [2.05, 4.69) is 6.58 Å². The Balaban J connectivity index is 1.83. The summed E-state index contributed by atoms with van der Waals surface area (Å²) in [6.45, 7) is 3.09. The van der Waals surface area contributed by atoms with Crippen LogP contribution >= 0.6 is 0 Å². The third-order valence-electron chi connectivity index (χ3n) is 4.21. The molecule has 4 nitrogen and oxygen atoms in total. The van der Waals surface area contributed by atoms with E-state index in [-0.39, 0.29) is 11.8 Å². The molecule has 0 fully saturated rings. The molecule has 29 heavy (non-hydrogen) atoms. The molecule has 0 radical (unpaired) electrons. The number of anilines is 1. The molecular formula is C19H12F6N2O2. The highest BCUT2D eigenvalue weighted by Gasteiger charge is 2.37.